The summed E-state index contributed by atoms with van der Waals surface area (Å²) in [4.78, 5) is 8.22. The molecule has 1 heterocycles. The molecule has 1 fully saturated rings. The second kappa shape index (κ2) is 7.87. The first-order valence-corrected chi connectivity index (χ1v) is 10.1. The molecule has 0 radical (unpaired) electrons. The molecule has 0 spiro atoms. The summed E-state index contributed by atoms with van der Waals surface area (Å²) in [5, 5.41) is 12.8. The van der Waals surface area contributed by atoms with Crippen LogP contribution >= 0.6 is 15.9 Å². The van der Waals surface area contributed by atoms with Crippen LogP contribution in [-0.2, 0) is 10.0 Å². The highest BCUT2D eigenvalue weighted by Gasteiger charge is 2.28. The van der Waals surface area contributed by atoms with E-state index in [9.17, 15) is 13.5 Å². The molecule has 0 amide bonds. The summed E-state index contributed by atoms with van der Waals surface area (Å²) in [6, 6.07) is 5.45. The molecular weight excluding hydrogens is 424 g/mol. The van der Waals surface area contributed by atoms with Gasteiger partial charge in [-0.1, -0.05) is 0 Å². The molecule has 1 aromatic heterocycles. The number of ether oxygens (including phenoxy) is 1. The normalized spacial score (nSPS) is 22.3. The number of hydrogen-bond acceptors (Lipinski definition) is 7. The Kier molecular flexibility index (Phi) is 4.64. The number of aliphatic hydroxyl groups excluding tert-OH is 1. The first-order chi connectivity index (χ1) is 13.5. The molecule has 0 saturated heterocycles. The summed E-state index contributed by atoms with van der Waals surface area (Å²) >= 11 is 3.32. The van der Waals surface area contributed by atoms with Crippen LogP contribution in [0.5, 0.6) is 5.88 Å². The highest BCUT2D eigenvalue weighted by molar-refractivity contribution is 9.10. The van der Waals surface area contributed by atoms with E-state index in [2.05, 4.69) is 31.2 Å². The molecule has 2 atom stereocenters. The molecule has 8 nitrogen and oxygen atoms in total. The number of aliphatic hydroxyl groups is 1. The minimum Gasteiger partial charge on any atom is -0.471 e. The van der Waals surface area contributed by atoms with E-state index in [0.29, 0.717) is 16.6 Å². The summed E-state index contributed by atoms with van der Waals surface area (Å²) < 4.78 is 53.1. The van der Waals surface area contributed by atoms with Crippen molar-refractivity contribution in [2.45, 2.75) is 36.4 Å². The van der Waals surface area contributed by atoms with Crippen LogP contribution in [0.25, 0.3) is 0 Å². The van der Waals surface area contributed by atoms with E-state index in [1.54, 1.807) is 4.72 Å². The fraction of sp³-hybridized carbons (Fsp3) is 0.375. The van der Waals surface area contributed by atoms with Crippen LogP contribution in [0.4, 0.5) is 11.6 Å². The van der Waals surface area contributed by atoms with Crippen LogP contribution in [0, 0.1) is 0 Å². The minimum atomic E-state index is -4.16. The molecule has 1 aromatic carbocycles. The Labute approximate surface area is 164 Å². The maximum absolute atomic E-state index is 12.0. The predicted molar refractivity (Wildman–Crippen MR) is 100.0 cm³/mol. The Morgan fingerprint density at radius 1 is 1.35 bits per heavy atom. The van der Waals surface area contributed by atoms with Gasteiger partial charge in [-0.25, -0.2) is 18.1 Å². The Balaban J connectivity index is 1.72. The van der Waals surface area contributed by atoms with Gasteiger partial charge in [0.05, 0.1) is 21.7 Å². The lowest BCUT2D eigenvalue weighted by molar-refractivity contribution is 0.0569. The highest BCUT2D eigenvalue weighted by Crippen LogP contribution is 2.29. The number of sulfonamides is 1. The van der Waals surface area contributed by atoms with Crippen molar-refractivity contribution in [2.75, 3.05) is 12.3 Å². The van der Waals surface area contributed by atoms with Gasteiger partial charge in [0.1, 0.15) is 6.10 Å². The van der Waals surface area contributed by atoms with Crippen molar-refractivity contribution in [1.82, 2.24) is 14.7 Å². The lowest BCUT2D eigenvalue weighted by atomic mass is 10.3. The number of halogens is 1. The number of anilines is 2. The summed E-state index contributed by atoms with van der Waals surface area (Å²) in [6.07, 6.45) is 2.94. The topological polar surface area (TPSA) is 113 Å². The molecule has 1 saturated carbocycles. The van der Waals surface area contributed by atoms with Gasteiger partial charge in [0.15, 0.2) is 0 Å². The van der Waals surface area contributed by atoms with Crippen LogP contribution in [0.2, 0.25) is 0 Å². The second-order valence-corrected chi connectivity index (χ2v) is 8.29. The van der Waals surface area contributed by atoms with Gasteiger partial charge in [-0.2, -0.15) is 4.98 Å². The van der Waals surface area contributed by atoms with Gasteiger partial charge in [-0.05, 0) is 66.4 Å². The lowest BCUT2D eigenvalue weighted by Crippen LogP contribution is -2.26. The molecule has 140 valence electrons. The van der Waals surface area contributed by atoms with E-state index in [-0.39, 0.29) is 22.8 Å². The fourth-order valence-electron chi connectivity index (χ4n) is 2.59. The molecule has 10 heteroatoms. The number of hydrogen-bond donors (Lipinski definition) is 3. The van der Waals surface area contributed by atoms with Gasteiger partial charge in [0.2, 0.25) is 21.9 Å². The standard InChI is InChI=1S/C16H19BrN4O4S/c1-18-26(23,24)11-7-5-10(6-8-11)20-16-19-9-12(17)15(21-16)25-14-4-2-3-13(14)22/h5-9,13-14,18,22H,2-4H2,1H3,(H,19,20,21)/t13-,14+/m1/s1/i1D3. The summed E-state index contributed by atoms with van der Waals surface area (Å²) in [5.41, 5.74) is 0.493. The number of rotatable bonds is 6. The van der Waals surface area contributed by atoms with Gasteiger partial charge in [0.25, 0.3) is 0 Å². The van der Waals surface area contributed by atoms with Crippen molar-refractivity contribution in [3.63, 3.8) is 0 Å². The number of nitrogens with zero attached hydrogens (tertiary/aromatic N) is 2. The second-order valence-electron chi connectivity index (χ2n) is 5.76. The van der Waals surface area contributed by atoms with Crippen molar-refractivity contribution < 1.29 is 22.4 Å². The highest BCUT2D eigenvalue weighted by atomic mass is 79.9. The van der Waals surface area contributed by atoms with Crippen LogP contribution in [0.3, 0.4) is 0 Å². The van der Waals surface area contributed by atoms with Crippen molar-refractivity contribution in [3.8, 4) is 5.88 Å². The van der Waals surface area contributed by atoms with Gasteiger partial charge in [-0.3, -0.25) is 0 Å². The Morgan fingerprint density at radius 2 is 2.12 bits per heavy atom. The zero-order valence-corrected chi connectivity index (χ0v) is 15.9. The Bertz CT molecular complexity index is 973. The molecule has 3 N–H and O–H groups in total. The van der Waals surface area contributed by atoms with Crippen LogP contribution < -0.4 is 14.8 Å². The maximum atomic E-state index is 12.0. The van der Waals surface area contributed by atoms with E-state index in [4.69, 9.17) is 8.85 Å². The molecule has 0 bridgehead atoms. The van der Waals surface area contributed by atoms with Gasteiger partial charge in [0, 0.05) is 9.80 Å². The van der Waals surface area contributed by atoms with E-state index in [1.165, 1.54) is 30.5 Å². The molecule has 0 aliphatic heterocycles. The molecule has 3 rings (SSSR count). The summed E-state index contributed by atoms with van der Waals surface area (Å²) in [7, 11) is -4.16. The summed E-state index contributed by atoms with van der Waals surface area (Å²) in [6.45, 7) is -2.82. The monoisotopic (exact) mass is 445 g/mol. The minimum absolute atomic E-state index is 0.185. The van der Waals surface area contributed by atoms with Gasteiger partial charge >= 0.3 is 0 Å². The van der Waals surface area contributed by atoms with E-state index < -0.39 is 23.1 Å². The van der Waals surface area contributed by atoms with Crippen LogP contribution in [-0.4, -0.2) is 42.7 Å². The average Bonchev–Trinajstić information content (AvgIpc) is 3.01. The predicted octanol–water partition coefficient (Wildman–Crippen LogP) is 2.18. The molecule has 0 unspecified atom stereocenters. The largest absolute Gasteiger partial charge is 0.471 e. The zero-order valence-electron chi connectivity index (χ0n) is 16.5. The molecule has 2 aromatic rings. The van der Waals surface area contributed by atoms with Crippen molar-refractivity contribution >= 4 is 37.6 Å². The summed E-state index contributed by atoms with van der Waals surface area (Å²) in [5.74, 6) is 0.501. The van der Waals surface area contributed by atoms with Gasteiger partial charge < -0.3 is 15.2 Å². The van der Waals surface area contributed by atoms with Crippen molar-refractivity contribution in [2.24, 2.45) is 0 Å². The Morgan fingerprint density at radius 3 is 2.77 bits per heavy atom. The van der Waals surface area contributed by atoms with Crippen LogP contribution in [0.15, 0.2) is 39.8 Å². The third-order valence-corrected chi connectivity index (χ3v) is 5.65. The number of benzene rings is 1. The fourth-order valence-corrected chi connectivity index (χ4v) is 3.48. The van der Waals surface area contributed by atoms with Crippen molar-refractivity contribution in [3.05, 3.63) is 34.9 Å². The lowest BCUT2D eigenvalue weighted by Gasteiger charge is -2.17. The quantitative estimate of drug-likeness (QED) is 0.624. The zero-order chi connectivity index (χ0) is 21.2. The first kappa shape index (κ1) is 15.3. The van der Waals surface area contributed by atoms with E-state index >= 15 is 0 Å². The molecular formula is C16H19BrN4O4S. The average molecular weight is 446 g/mol. The SMILES string of the molecule is [2H]C([2H])([2H])NS(=O)(=O)c1ccc(Nc2ncc(Br)c(O[C@H]3CCC[C@H]3O)n2)cc1. The third kappa shape index (κ3) is 4.32. The maximum Gasteiger partial charge on any atom is 0.240 e. The molecule has 1 aliphatic carbocycles. The van der Waals surface area contributed by atoms with E-state index in [0.717, 1.165) is 12.8 Å². The van der Waals surface area contributed by atoms with Crippen molar-refractivity contribution in [1.29, 1.82) is 0 Å². The molecule has 26 heavy (non-hydrogen) atoms. The molecule has 1 aliphatic rings. The number of nitrogens with one attached hydrogen (secondary N) is 2. The number of aromatic nitrogens is 2. The third-order valence-electron chi connectivity index (χ3n) is 3.95. The Hall–Kier alpha value is -1.75. The van der Waals surface area contributed by atoms with Crippen LogP contribution in [0.1, 0.15) is 23.4 Å². The van der Waals surface area contributed by atoms with E-state index in [1.807, 2.05) is 0 Å². The smallest absolute Gasteiger partial charge is 0.240 e. The first-order valence-electron chi connectivity index (χ1n) is 9.32. The van der Waals surface area contributed by atoms with Gasteiger partial charge in [-0.15, -0.1) is 0 Å².